The molecule has 2 N–H and O–H groups in total. The lowest BCUT2D eigenvalue weighted by molar-refractivity contribution is 0.0674. The van der Waals surface area contributed by atoms with E-state index in [1.807, 2.05) is 41.3 Å². The van der Waals surface area contributed by atoms with Gasteiger partial charge in [-0.1, -0.05) is 35.5 Å². The van der Waals surface area contributed by atoms with Crippen molar-refractivity contribution in [3.05, 3.63) is 42.1 Å². The van der Waals surface area contributed by atoms with E-state index < -0.39 is 0 Å². The maximum atomic E-state index is 5.98. The lowest BCUT2D eigenvalue weighted by Gasteiger charge is -2.27. The Morgan fingerprint density at radius 2 is 2.00 bits per heavy atom. The summed E-state index contributed by atoms with van der Waals surface area (Å²) in [6, 6.07) is 11.8. The predicted octanol–water partition coefficient (Wildman–Crippen LogP) is 1.49. The van der Waals surface area contributed by atoms with Crippen molar-refractivity contribution in [1.29, 1.82) is 0 Å². The monoisotopic (exact) mass is 286 g/mol. The lowest BCUT2D eigenvalue weighted by atomic mass is 10.2. The van der Waals surface area contributed by atoms with E-state index in [-0.39, 0.29) is 0 Å². The number of hydrogen-bond acceptors (Lipinski definition) is 4. The van der Waals surface area contributed by atoms with Crippen LogP contribution in [-0.2, 0) is 11.3 Å². The smallest absolute Gasteiger partial charge is 0.191 e. The summed E-state index contributed by atoms with van der Waals surface area (Å²) in [5, 5.41) is 4.03. The van der Waals surface area contributed by atoms with E-state index in [0.29, 0.717) is 25.7 Å². The van der Waals surface area contributed by atoms with Crippen LogP contribution in [0.2, 0.25) is 0 Å². The number of ether oxygens (including phenoxy) is 1. The van der Waals surface area contributed by atoms with Crippen molar-refractivity contribution >= 4 is 5.96 Å². The van der Waals surface area contributed by atoms with Crippen LogP contribution in [0.3, 0.4) is 0 Å². The van der Waals surface area contributed by atoms with E-state index in [4.69, 9.17) is 15.0 Å². The molecule has 1 aromatic heterocycles. The Morgan fingerprint density at radius 3 is 2.76 bits per heavy atom. The first-order chi connectivity index (χ1) is 10.3. The second-order valence-electron chi connectivity index (χ2n) is 4.82. The van der Waals surface area contributed by atoms with Gasteiger partial charge in [0.05, 0.1) is 19.8 Å². The Labute approximate surface area is 123 Å². The first kappa shape index (κ1) is 13.6. The molecular formula is C15H18N4O2. The molecule has 2 heterocycles. The van der Waals surface area contributed by atoms with Gasteiger partial charge >= 0.3 is 0 Å². The molecular weight excluding hydrogens is 268 g/mol. The van der Waals surface area contributed by atoms with E-state index in [1.54, 1.807) is 0 Å². The third kappa shape index (κ3) is 3.41. The molecule has 1 aliphatic heterocycles. The Morgan fingerprint density at radius 1 is 1.24 bits per heavy atom. The van der Waals surface area contributed by atoms with Crippen LogP contribution in [-0.4, -0.2) is 42.3 Å². The molecule has 1 saturated heterocycles. The number of morpholine rings is 1. The average molecular weight is 286 g/mol. The highest BCUT2D eigenvalue weighted by Gasteiger charge is 2.12. The van der Waals surface area contributed by atoms with Gasteiger partial charge < -0.3 is 19.9 Å². The van der Waals surface area contributed by atoms with Crippen LogP contribution in [0.1, 0.15) is 5.69 Å². The van der Waals surface area contributed by atoms with Crippen molar-refractivity contribution in [3.63, 3.8) is 0 Å². The van der Waals surface area contributed by atoms with E-state index in [2.05, 4.69) is 10.1 Å². The quantitative estimate of drug-likeness (QED) is 0.683. The topological polar surface area (TPSA) is 76.9 Å². The molecule has 0 unspecified atom stereocenters. The molecule has 0 amide bonds. The van der Waals surface area contributed by atoms with Gasteiger partial charge in [0.1, 0.15) is 5.69 Å². The second kappa shape index (κ2) is 6.41. The van der Waals surface area contributed by atoms with E-state index >= 15 is 0 Å². The van der Waals surface area contributed by atoms with Gasteiger partial charge in [-0.05, 0) is 0 Å². The maximum absolute atomic E-state index is 5.98. The fourth-order valence-electron chi connectivity index (χ4n) is 2.18. The summed E-state index contributed by atoms with van der Waals surface area (Å²) in [6.07, 6.45) is 0. The summed E-state index contributed by atoms with van der Waals surface area (Å²) in [6.45, 7) is 3.36. The summed E-state index contributed by atoms with van der Waals surface area (Å²) in [5.74, 6) is 1.27. The molecule has 0 radical (unpaired) electrons. The van der Waals surface area contributed by atoms with Crippen molar-refractivity contribution in [2.24, 2.45) is 10.7 Å². The molecule has 0 aliphatic carbocycles. The predicted molar refractivity (Wildman–Crippen MR) is 79.7 cm³/mol. The van der Waals surface area contributed by atoms with Crippen molar-refractivity contribution in [1.82, 2.24) is 10.1 Å². The highest BCUT2D eigenvalue weighted by molar-refractivity contribution is 5.78. The Balaban J connectivity index is 1.64. The van der Waals surface area contributed by atoms with Crippen LogP contribution in [0.15, 0.2) is 45.9 Å². The minimum absolute atomic E-state index is 0.416. The highest BCUT2D eigenvalue weighted by Crippen LogP contribution is 2.19. The largest absolute Gasteiger partial charge is 0.378 e. The molecule has 110 valence electrons. The number of aliphatic imine (C=N–C) groups is 1. The normalized spacial score (nSPS) is 16.2. The molecule has 0 bridgehead atoms. The molecule has 2 aromatic rings. The molecule has 6 nitrogen and oxygen atoms in total. The first-order valence-corrected chi connectivity index (χ1v) is 6.96. The summed E-state index contributed by atoms with van der Waals surface area (Å²) in [7, 11) is 0. The van der Waals surface area contributed by atoms with Crippen LogP contribution in [0, 0.1) is 0 Å². The van der Waals surface area contributed by atoms with Crippen LogP contribution in [0.25, 0.3) is 11.3 Å². The second-order valence-corrected chi connectivity index (χ2v) is 4.82. The van der Waals surface area contributed by atoms with Gasteiger partial charge in [0.2, 0.25) is 0 Å². The molecule has 0 atom stereocenters. The third-order valence-corrected chi connectivity index (χ3v) is 3.36. The molecule has 0 saturated carbocycles. The lowest BCUT2D eigenvalue weighted by Crippen LogP contribution is -2.44. The standard InChI is InChI=1S/C15H18N4O2/c16-15(19-6-8-20-9-7-19)17-11-13-10-14(21-18-13)12-4-2-1-3-5-12/h1-5,10H,6-9,11H2,(H2,16,17). The van der Waals surface area contributed by atoms with Gasteiger partial charge in [0.15, 0.2) is 11.7 Å². The number of hydrogen-bond donors (Lipinski definition) is 1. The third-order valence-electron chi connectivity index (χ3n) is 3.36. The molecule has 1 aliphatic rings. The van der Waals surface area contributed by atoms with Crippen LogP contribution in [0.4, 0.5) is 0 Å². The molecule has 3 rings (SSSR count). The zero-order chi connectivity index (χ0) is 14.5. The van der Waals surface area contributed by atoms with Gasteiger partial charge in [-0.25, -0.2) is 4.99 Å². The minimum Gasteiger partial charge on any atom is -0.378 e. The van der Waals surface area contributed by atoms with Crippen LogP contribution >= 0.6 is 0 Å². The van der Waals surface area contributed by atoms with Gasteiger partial charge in [0, 0.05) is 24.7 Å². The number of rotatable bonds is 3. The maximum Gasteiger partial charge on any atom is 0.191 e. The van der Waals surface area contributed by atoms with Gasteiger partial charge in [0.25, 0.3) is 0 Å². The minimum atomic E-state index is 0.416. The van der Waals surface area contributed by atoms with Crippen LogP contribution < -0.4 is 5.73 Å². The Bertz CT molecular complexity index is 603. The van der Waals surface area contributed by atoms with Crippen molar-refractivity contribution in [2.75, 3.05) is 26.3 Å². The first-order valence-electron chi connectivity index (χ1n) is 6.96. The van der Waals surface area contributed by atoms with Gasteiger partial charge in [-0.15, -0.1) is 0 Å². The van der Waals surface area contributed by atoms with Crippen molar-refractivity contribution in [3.8, 4) is 11.3 Å². The number of nitrogens with two attached hydrogens (primary N) is 1. The summed E-state index contributed by atoms with van der Waals surface area (Å²) in [4.78, 5) is 6.38. The summed E-state index contributed by atoms with van der Waals surface area (Å²) in [5.41, 5.74) is 7.75. The zero-order valence-corrected chi connectivity index (χ0v) is 11.7. The van der Waals surface area contributed by atoms with Crippen molar-refractivity contribution in [2.45, 2.75) is 6.54 Å². The van der Waals surface area contributed by atoms with E-state index in [1.165, 1.54) is 0 Å². The zero-order valence-electron chi connectivity index (χ0n) is 11.7. The van der Waals surface area contributed by atoms with Gasteiger partial charge in [-0.3, -0.25) is 0 Å². The highest BCUT2D eigenvalue weighted by atomic mass is 16.5. The molecule has 21 heavy (non-hydrogen) atoms. The summed E-state index contributed by atoms with van der Waals surface area (Å²) < 4.78 is 10.6. The summed E-state index contributed by atoms with van der Waals surface area (Å²) >= 11 is 0. The molecule has 0 spiro atoms. The SMILES string of the molecule is NC(=NCc1cc(-c2ccccc2)on1)N1CCOCC1. The fraction of sp³-hybridized carbons (Fsp3) is 0.333. The molecule has 1 fully saturated rings. The number of guanidine groups is 1. The molecule has 1 aromatic carbocycles. The average Bonchev–Trinajstić information content (AvgIpc) is 3.03. The van der Waals surface area contributed by atoms with Crippen LogP contribution in [0.5, 0.6) is 0 Å². The number of benzene rings is 1. The number of nitrogens with zero attached hydrogens (tertiary/aromatic N) is 3. The fourth-order valence-corrected chi connectivity index (χ4v) is 2.18. The van der Waals surface area contributed by atoms with E-state index in [0.717, 1.165) is 30.1 Å². The Kier molecular flexibility index (Phi) is 4.16. The van der Waals surface area contributed by atoms with E-state index in [9.17, 15) is 0 Å². The number of aromatic nitrogens is 1. The Hall–Kier alpha value is -2.34. The van der Waals surface area contributed by atoms with Crippen molar-refractivity contribution < 1.29 is 9.26 Å². The molecule has 6 heteroatoms. The van der Waals surface area contributed by atoms with Gasteiger partial charge in [-0.2, -0.15) is 0 Å².